The van der Waals surface area contributed by atoms with Gasteiger partial charge in [-0.2, -0.15) is 0 Å². The lowest BCUT2D eigenvalue weighted by Gasteiger charge is -2.26. The summed E-state index contributed by atoms with van der Waals surface area (Å²) in [5.74, 6) is -0.354. The number of imide groups is 1. The van der Waals surface area contributed by atoms with Gasteiger partial charge < -0.3 is 10.5 Å². The van der Waals surface area contributed by atoms with E-state index in [2.05, 4.69) is 0 Å². The van der Waals surface area contributed by atoms with Crippen LogP contribution in [0.3, 0.4) is 0 Å². The average Bonchev–Trinajstić information content (AvgIpc) is 2.57. The number of nitrogens with two attached hydrogens (primary N) is 1. The molecule has 0 bridgehead atoms. The van der Waals surface area contributed by atoms with Crippen LogP contribution in [0, 0.1) is 0 Å². The van der Waals surface area contributed by atoms with Crippen LogP contribution in [0.4, 0.5) is 4.79 Å². The largest absolute Gasteiger partial charge is 0.444 e. The fourth-order valence-corrected chi connectivity index (χ4v) is 2.25. The van der Waals surface area contributed by atoms with E-state index in [0.717, 1.165) is 23.3 Å². The molecule has 1 aromatic rings. The van der Waals surface area contributed by atoms with E-state index in [1.807, 2.05) is 30.3 Å². The fourth-order valence-electron chi connectivity index (χ4n) is 2.25. The van der Waals surface area contributed by atoms with Gasteiger partial charge >= 0.3 is 6.09 Å². The molecule has 5 heteroatoms. The lowest BCUT2D eigenvalue weighted by Crippen LogP contribution is -2.53. The van der Waals surface area contributed by atoms with E-state index in [1.165, 1.54) is 0 Å². The molecule has 1 heterocycles. The molecule has 0 unspecified atom stereocenters. The highest BCUT2D eigenvalue weighted by molar-refractivity contribution is 5.97. The number of hydrogen-bond acceptors (Lipinski definition) is 4. The monoisotopic (exact) mass is 276 g/mol. The molecule has 1 aliphatic heterocycles. The zero-order valence-corrected chi connectivity index (χ0v) is 11.7. The molecule has 5 nitrogen and oxygen atoms in total. The fraction of sp³-hybridized carbons (Fsp3) is 0.467. The number of hydrogen-bond donors (Lipinski definition) is 1. The van der Waals surface area contributed by atoms with Crippen LogP contribution in [0.1, 0.15) is 31.7 Å². The van der Waals surface area contributed by atoms with Crippen molar-refractivity contribution in [3.05, 3.63) is 35.9 Å². The van der Waals surface area contributed by atoms with E-state index in [9.17, 15) is 9.59 Å². The highest BCUT2D eigenvalue weighted by atomic mass is 16.6. The Morgan fingerprint density at radius 1 is 1.35 bits per heavy atom. The third-order valence-corrected chi connectivity index (χ3v) is 3.49. The summed E-state index contributed by atoms with van der Waals surface area (Å²) in [6.07, 6.45) is 1.58. The minimum Gasteiger partial charge on any atom is -0.444 e. The van der Waals surface area contributed by atoms with Crippen LogP contribution in [-0.4, -0.2) is 29.0 Å². The molecule has 2 amide bonds. The van der Waals surface area contributed by atoms with Crippen LogP contribution < -0.4 is 5.73 Å². The molecule has 20 heavy (non-hydrogen) atoms. The number of ether oxygens (including phenoxy) is 1. The highest BCUT2D eigenvalue weighted by Gasteiger charge is 2.38. The van der Waals surface area contributed by atoms with Crippen molar-refractivity contribution in [3.8, 4) is 0 Å². The van der Waals surface area contributed by atoms with Crippen LogP contribution in [0.15, 0.2) is 30.3 Å². The van der Waals surface area contributed by atoms with Gasteiger partial charge in [0.1, 0.15) is 6.61 Å². The molecule has 2 N–H and O–H groups in total. The number of carbonyl (C=O) groups is 2. The maximum atomic E-state index is 12.2. The molecule has 0 saturated carbocycles. The zero-order chi connectivity index (χ0) is 14.6. The minimum atomic E-state index is -0.984. The van der Waals surface area contributed by atoms with Gasteiger partial charge in [-0.05, 0) is 31.7 Å². The molecule has 1 aromatic carbocycles. The van der Waals surface area contributed by atoms with Gasteiger partial charge in [-0.25, -0.2) is 9.69 Å². The Kier molecular flexibility index (Phi) is 4.39. The van der Waals surface area contributed by atoms with E-state index in [1.54, 1.807) is 6.92 Å². The molecule has 0 spiro atoms. The van der Waals surface area contributed by atoms with Gasteiger partial charge in [0.25, 0.3) is 5.91 Å². The molecule has 1 atom stereocenters. The van der Waals surface area contributed by atoms with E-state index in [0.29, 0.717) is 13.0 Å². The van der Waals surface area contributed by atoms with Crippen LogP contribution in [0.2, 0.25) is 0 Å². The number of rotatable bonds is 2. The molecular formula is C15H20N2O3. The van der Waals surface area contributed by atoms with E-state index in [4.69, 9.17) is 10.5 Å². The lowest BCUT2D eigenvalue weighted by molar-refractivity contribution is -0.134. The Hall–Kier alpha value is -1.88. The van der Waals surface area contributed by atoms with Crippen molar-refractivity contribution >= 4 is 12.0 Å². The van der Waals surface area contributed by atoms with E-state index >= 15 is 0 Å². The molecule has 108 valence electrons. The molecule has 1 saturated heterocycles. The Labute approximate surface area is 118 Å². The lowest BCUT2D eigenvalue weighted by atomic mass is 9.97. The maximum Gasteiger partial charge on any atom is 0.416 e. The smallest absolute Gasteiger partial charge is 0.416 e. The van der Waals surface area contributed by atoms with Gasteiger partial charge in [0, 0.05) is 6.54 Å². The standard InChI is InChI=1S/C15H20N2O3/c1-15(16)9-5-6-10-17(13(15)18)14(19)20-11-12-7-3-2-4-8-12/h2-4,7-8H,5-6,9-11,16H2,1H3/t15-/m0/s1. The Balaban J connectivity index is 1.99. The molecule has 0 radical (unpaired) electrons. The van der Waals surface area contributed by atoms with Crippen molar-refractivity contribution in [2.45, 2.75) is 38.3 Å². The summed E-state index contributed by atoms with van der Waals surface area (Å²) in [4.78, 5) is 25.4. The quantitative estimate of drug-likeness (QED) is 0.897. The topological polar surface area (TPSA) is 72.6 Å². The van der Waals surface area contributed by atoms with E-state index < -0.39 is 11.6 Å². The summed E-state index contributed by atoms with van der Waals surface area (Å²) in [6.45, 7) is 2.20. The second kappa shape index (κ2) is 6.05. The number of carbonyl (C=O) groups excluding carboxylic acids is 2. The van der Waals surface area contributed by atoms with Gasteiger partial charge in [-0.3, -0.25) is 4.79 Å². The normalized spacial score (nSPS) is 23.3. The van der Waals surface area contributed by atoms with E-state index in [-0.39, 0.29) is 12.5 Å². The summed E-state index contributed by atoms with van der Waals surface area (Å²) in [5, 5.41) is 0. The van der Waals surface area contributed by atoms with Gasteiger partial charge in [0.05, 0.1) is 5.54 Å². The molecule has 2 rings (SSSR count). The summed E-state index contributed by atoms with van der Waals surface area (Å²) in [5.41, 5.74) is 5.86. The number of likely N-dealkylation sites (tertiary alicyclic amines) is 1. The Bertz CT molecular complexity index is 485. The third-order valence-electron chi connectivity index (χ3n) is 3.49. The summed E-state index contributed by atoms with van der Waals surface area (Å²) in [7, 11) is 0. The van der Waals surface area contributed by atoms with Crippen molar-refractivity contribution in [1.29, 1.82) is 0 Å². The SMILES string of the molecule is C[C@]1(N)CCCCN(C(=O)OCc2ccccc2)C1=O. The first kappa shape index (κ1) is 14.5. The number of amides is 2. The van der Waals surface area contributed by atoms with Crippen LogP contribution in [-0.2, 0) is 16.1 Å². The van der Waals surface area contributed by atoms with Crippen molar-refractivity contribution in [2.24, 2.45) is 5.73 Å². The van der Waals surface area contributed by atoms with Gasteiger partial charge in [-0.15, -0.1) is 0 Å². The minimum absolute atomic E-state index is 0.157. The maximum absolute atomic E-state index is 12.2. The molecule has 0 aromatic heterocycles. The van der Waals surface area contributed by atoms with Crippen LogP contribution in [0.5, 0.6) is 0 Å². The van der Waals surface area contributed by atoms with Gasteiger partial charge in [0.2, 0.25) is 0 Å². The third kappa shape index (κ3) is 3.36. The van der Waals surface area contributed by atoms with Crippen LogP contribution in [0.25, 0.3) is 0 Å². The van der Waals surface area contributed by atoms with Crippen molar-refractivity contribution in [1.82, 2.24) is 4.90 Å². The predicted octanol–water partition coefficient (Wildman–Crippen LogP) is 2.05. The van der Waals surface area contributed by atoms with Crippen LogP contribution >= 0.6 is 0 Å². The van der Waals surface area contributed by atoms with Gasteiger partial charge in [0.15, 0.2) is 0 Å². The molecular weight excluding hydrogens is 256 g/mol. The second-order valence-corrected chi connectivity index (χ2v) is 5.37. The van der Waals surface area contributed by atoms with Gasteiger partial charge in [-0.1, -0.05) is 30.3 Å². The Morgan fingerprint density at radius 2 is 2.05 bits per heavy atom. The zero-order valence-electron chi connectivity index (χ0n) is 11.7. The predicted molar refractivity (Wildman–Crippen MR) is 74.8 cm³/mol. The highest BCUT2D eigenvalue weighted by Crippen LogP contribution is 2.20. The average molecular weight is 276 g/mol. The molecule has 0 aliphatic carbocycles. The number of nitrogens with zero attached hydrogens (tertiary/aromatic N) is 1. The molecule has 1 fully saturated rings. The van der Waals surface area contributed by atoms with Crippen molar-refractivity contribution in [2.75, 3.05) is 6.54 Å². The Morgan fingerprint density at radius 3 is 2.75 bits per heavy atom. The second-order valence-electron chi connectivity index (χ2n) is 5.37. The molecule has 1 aliphatic rings. The summed E-state index contributed by atoms with van der Waals surface area (Å²) < 4.78 is 5.20. The van der Waals surface area contributed by atoms with Crippen molar-refractivity contribution in [3.63, 3.8) is 0 Å². The van der Waals surface area contributed by atoms with Crippen molar-refractivity contribution < 1.29 is 14.3 Å². The summed E-state index contributed by atoms with van der Waals surface area (Å²) >= 11 is 0. The first-order valence-electron chi connectivity index (χ1n) is 6.82. The summed E-state index contributed by atoms with van der Waals surface area (Å²) in [6, 6.07) is 9.37. The first-order valence-corrected chi connectivity index (χ1v) is 6.82. The first-order chi connectivity index (χ1) is 9.50. The number of benzene rings is 1.